The van der Waals surface area contributed by atoms with Crippen LogP contribution in [0.25, 0.3) is 0 Å². The van der Waals surface area contributed by atoms with Gasteiger partial charge in [-0.05, 0) is 20.3 Å². The van der Waals surface area contributed by atoms with Crippen LogP contribution in [0.3, 0.4) is 0 Å². The Morgan fingerprint density at radius 3 is 2.84 bits per heavy atom. The smallest absolute Gasteiger partial charge is 0.410 e. The number of aromatic nitrogens is 2. The van der Waals surface area contributed by atoms with Crippen LogP contribution in [-0.4, -0.2) is 54.0 Å². The highest BCUT2D eigenvalue weighted by Gasteiger charge is 2.27. The number of likely N-dealkylation sites (tertiary alicyclic amines) is 1. The van der Waals surface area contributed by atoms with E-state index in [9.17, 15) is 4.79 Å². The molecule has 0 spiro atoms. The highest BCUT2D eigenvalue weighted by molar-refractivity contribution is 6.31. The number of anilines is 1. The average Bonchev–Trinajstić information content (AvgIpc) is 2.80. The van der Waals surface area contributed by atoms with E-state index in [4.69, 9.17) is 4.74 Å². The molecule has 2 rings (SSSR count). The summed E-state index contributed by atoms with van der Waals surface area (Å²) < 4.78 is 5.18. The first-order valence-electron chi connectivity index (χ1n) is 6.55. The van der Waals surface area contributed by atoms with Gasteiger partial charge in [-0.25, -0.2) is 14.8 Å². The van der Waals surface area contributed by atoms with Crippen molar-refractivity contribution in [1.29, 1.82) is 0 Å². The Kier molecular flexibility index (Phi) is 4.24. The second kappa shape index (κ2) is 5.90. The molecule has 1 N–H and O–H groups in total. The Balaban J connectivity index is 1.85. The van der Waals surface area contributed by atoms with Crippen LogP contribution < -0.4 is 10.8 Å². The zero-order valence-corrected chi connectivity index (χ0v) is 11.6. The molecule has 19 heavy (non-hydrogen) atoms. The third-order valence-corrected chi connectivity index (χ3v) is 2.90. The Bertz CT molecular complexity index is 438. The molecule has 0 aliphatic carbocycles. The second-order valence-electron chi connectivity index (χ2n) is 5.09. The minimum atomic E-state index is -0.246. The van der Waals surface area contributed by atoms with Crippen molar-refractivity contribution >= 4 is 25.4 Å². The molecule has 0 bridgehead atoms. The topological polar surface area (TPSA) is 67.4 Å². The number of amides is 1. The van der Waals surface area contributed by atoms with E-state index in [0.29, 0.717) is 19.0 Å². The van der Waals surface area contributed by atoms with Gasteiger partial charge in [-0.3, -0.25) is 0 Å². The first kappa shape index (κ1) is 13.6. The molecular formula is C12H19BN4O2. The Morgan fingerprint density at radius 1 is 1.53 bits per heavy atom. The Hall–Kier alpha value is -1.79. The van der Waals surface area contributed by atoms with Crippen molar-refractivity contribution < 1.29 is 9.53 Å². The lowest BCUT2D eigenvalue weighted by molar-refractivity contribution is 0.0834. The van der Waals surface area contributed by atoms with E-state index in [1.807, 2.05) is 21.7 Å². The van der Waals surface area contributed by atoms with Gasteiger partial charge in [0.2, 0.25) is 5.95 Å². The summed E-state index contributed by atoms with van der Waals surface area (Å²) in [5, 5.41) is 3.23. The number of nitrogens with zero attached hydrogens (tertiary/aromatic N) is 3. The van der Waals surface area contributed by atoms with Crippen LogP contribution in [-0.2, 0) is 4.74 Å². The number of ether oxygens (including phenoxy) is 1. The maximum absolute atomic E-state index is 11.7. The average molecular weight is 262 g/mol. The van der Waals surface area contributed by atoms with Crippen molar-refractivity contribution in [3.63, 3.8) is 0 Å². The Labute approximate surface area is 114 Å². The summed E-state index contributed by atoms with van der Waals surface area (Å²) in [6.45, 7) is 5.03. The van der Waals surface area contributed by atoms with Crippen LogP contribution in [0.15, 0.2) is 12.4 Å². The molecule has 1 aliphatic heterocycles. The van der Waals surface area contributed by atoms with Gasteiger partial charge in [-0.15, -0.1) is 0 Å². The van der Waals surface area contributed by atoms with Crippen molar-refractivity contribution in [3.05, 3.63) is 12.4 Å². The van der Waals surface area contributed by atoms with Gasteiger partial charge in [-0.1, -0.05) is 5.46 Å². The fourth-order valence-electron chi connectivity index (χ4n) is 1.97. The first-order valence-corrected chi connectivity index (χ1v) is 6.55. The number of hydrogen-bond acceptors (Lipinski definition) is 5. The lowest BCUT2D eigenvalue weighted by Gasteiger charge is -2.18. The molecule has 0 aromatic carbocycles. The molecule has 1 saturated heterocycles. The van der Waals surface area contributed by atoms with Gasteiger partial charge in [0, 0.05) is 31.5 Å². The van der Waals surface area contributed by atoms with Crippen LogP contribution in [0.4, 0.5) is 10.7 Å². The minimum absolute atomic E-state index is 0.0834. The number of hydrogen-bond donors (Lipinski definition) is 1. The molecule has 0 saturated carbocycles. The first-order chi connectivity index (χ1) is 9.04. The molecule has 1 fully saturated rings. The van der Waals surface area contributed by atoms with E-state index in [1.54, 1.807) is 17.3 Å². The molecule has 102 valence electrons. The fraction of sp³-hybridized carbons (Fsp3) is 0.583. The summed E-state index contributed by atoms with van der Waals surface area (Å²) in [6.07, 6.45) is 4.10. The number of rotatable bonds is 3. The van der Waals surface area contributed by atoms with Crippen LogP contribution >= 0.6 is 0 Å². The van der Waals surface area contributed by atoms with Crippen molar-refractivity contribution in [2.75, 3.05) is 18.4 Å². The summed E-state index contributed by atoms with van der Waals surface area (Å²) in [5.74, 6) is 0.606. The van der Waals surface area contributed by atoms with Gasteiger partial charge in [-0.2, -0.15) is 0 Å². The van der Waals surface area contributed by atoms with Crippen molar-refractivity contribution in [3.8, 4) is 0 Å². The quantitative estimate of drug-likeness (QED) is 0.762. The zero-order valence-electron chi connectivity index (χ0n) is 11.6. The van der Waals surface area contributed by atoms with Crippen molar-refractivity contribution in [2.24, 2.45) is 0 Å². The van der Waals surface area contributed by atoms with E-state index >= 15 is 0 Å². The predicted molar refractivity (Wildman–Crippen MR) is 75.4 cm³/mol. The lowest BCUT2D eigenvalue weighted by Crippen LogP contribution is -2.33. The molecular weight excluding hydrogens is 243 g/mol. The Morgan fingerprint density at radius 2 is 2.21 bits per heavy atom. The highest BCUT2D eigenvalue weighted by atomic mass is 16.6. The minimum Gasteiger partial charge on any atom is -0.447 e. The summed E-state index contributed by atoms with van der Waals surface area (Å²) in [7, 11) is 1.95. The maximum Gasteiger partial charge on any atom is 0.410 e. The van der Waals surface area contributed by atoms with E-state index in [1.165, 1.54) is 0 Å². The molecule has 1 amide bonds. The van der Waals surface area contributed by atoms with E-state index in [-0.39, 0.29) is 18.2 Å². The van der Waals surface area contributed by atoms with E-state index in [2.05, 4.69) is 15.3 Å². The van der Waals surface area contributed by atoms with Crippen molar-refractivity contribution in [1.82, 2.24) is 14.9 Å². The third kappa shape index (κ3) is 3.84. The van der Waals surface area contributed by atoms with Crippen molar-refractivity contribution in [2.45, 2.75) is 32.4 Å². The normalized spacial score (nSPS) is 18.7. The number of carbonyl (C=O) groups is 1. The van der Waals surface area contributed by atoms with Crippen LogP contribution in [0.2, 0.25) is 0 Å². The van der Waals surface area contributed by atoms with Gasteiger partial charge in [0.1, 0.15) is 7.85 Å². The fourth-order valence-corrected chi connectivity index (χ4v) is 1.97. The zero-order chi connectivity index (χ0) is 13.8. The summed E-state index contributed by atoms with van der Waals surface area (Å²) >= 11 is 0. The van der Waals surface area contributed by atoms with Crippen LogP contribution in [0.1, 0.15) is 20.3 Å². The molecule has 0 unspecified atom stereocenters. The number of carbonyl (C=O) groups excluding carboxylic acids is 1. The lowest BCUT2D eigenvalue weighted by atomic mass is 10.0. The summed E-state index contributed by atoms with van der Waals surface area (Å²) in [5.41, 5.74) is 1.03. The molecule has 1 aromatic heterocycles. The maximum atomic E-state index is 11.7. The van der Waals surface area contributed by atoms with E-state index < -0.39 is 0 Å². The molecule has 6 nitrogen and oxygen atoms in total. The second-order valence-corrected chi connectivity index (χ2v) is 5.09. The van der Waals surface area contributed by atoms with Crippen LogP contribution in [0.5, 0.6) is 0 Å². The van der Waals surface area contributed by atoms with Gasteiger partial charge in [0.25, 0.3) is 0 Å². The van der Waals surface area contributed by atoms with Gasteiger partial charge in [0.05, 0.1) is 6.10 Å². The van der Waals surface area contributed by atoms with E-state index in [0.717, 1.165) is 11.9 Å². The molecule has 1 atom stereocenters. The third-order valence-electron chi connectivity index (χ3n) is 2.90. The molecule has 1 aliphatic rings. The molecule has 0 radical (unpaired) electrons. The molecule has 2 heterocycles. The standard InChI is InChI=1S/C12H19BN4O2/c1-8(2)19-12(18)17-4-3-10(7-17)16-11-14-5-9(13)6-15-11/h5-6,8,10H,3-4,7,13H2,1-2H3,(H,14,15,16)/t10-/m0/s1. The largest absolute Gasteiger partial charge is 0.447 e. The van der Waals surface area contributed by atoms with Gasteiger partial charge < -0.3 is 15.0 Å². The van der Waals surface area contributed by atoms with Gasteiger partial charge in [0.15, 0.2) is 0 Å². The van der Waals surface area contributed by atoms with Crippen LogP contribution in [0, 0.1) is 0 Å². The SMILES string of the molecule is Bc1cnc(N[C@H]2CCN(C(=O)OC(C)C)C2)nc1. The summed E-state index contributed by atoms with van der Waals surface area (Å²) in [6, 6.07) is 0.183. The molecule has 1 aromatic rings. The molecule has 7 heteroatoms. The highest BCUT2D eigenvalue weighted by Crippen LogP contribution is 2.14. The predicted octanol–water partition coefficient (Wildman–Crippen LogP) is -0.234. The van der Waals surface area contributed by atoms with Gasteiger partial charge >= 0.3 is 6.09 Å². The summed E-state index contributed by atoms with van der Waals surface area (Å²) in [4.78, 5) is 21.9. The number of nitrogens with one attached hydrogen (secondary N) is 1. The monoisotopic (exact) mass is 262 g/mol.